The first-order valence-corrected chi connectivity index (χ1v) is 5.29. The van der Waals surface area contributed by atoms with Crippen LogP contribution in [-0.2, 0) is 15.5 Å². The lowest BCUT2D eigenvalue weighted by molar-refractivity contribution is 0.130. The molecular formula is C8H14O2S. The van der Waals surface area contributed by atoms with Crippen LogP contribution in [0.1, 0.15) is 13.3 Å². The monoisotopic (exact) mass is 174 g/mol. The summed E-state index contributed by atoms with van der Waals surface area (Å²) >= 11 is 0. The van der Waals surface area contributed by atoms with Crippen molar-refractivity contribution >= 4 is 10.8 Å². The van der Waals surface area contributed by atoms with Crippen molar-refractivity contribution in [3.05, 3.63) is 12.8 Å². The van der Waals surface area contributed by atoms with Gasteiger partial charge < -0.3 is 4.74 Å². The molecule has 1 aliphatic heterocycles. The molecule has 0 aromatic rings. The fourth-order valence-electron chi connectivity index (χ4n) is 1.27. The zero-order chi connectivity index (χ0) is 8.32. The van der Waals surface area contributed by atoms with Gasteiger partial charge in [-0.05, 0) is 6.42 Å². The van der Waals surface area contributed by atoms with Crippen LogP contribution >= 0.6 is 0 Å². The summed E-state index contributed by atoms with van der Waals surface area (Å²) in [7, 11) is -0.579. The van der Waals surface area contributed by atoms with Gasteiger partial charge in [0.1, 0.15) is 0 Å². The van der Waals surface area contributed by atoms with Crippen molar-refractivity contribution in [2.24, 2.45) is 5.41 Å². The maximum atomic E-state index is 10.9. The maximum absolute atomic E-state index is 10.9. The summed E-state index contributed by atoms with van der Waals surface area (Å²) in [6.07, 6.45) is 2.51. The van der Waals surface area contributed by atoms with E-state index in [4.69, 9.17) is 4.74 Å². The molecule has 3 heteroatoms. The van der Waals surface area contributed by atoms with E-state index in [0.29, 0.717) is 6.61 Å². The molecule has 0 radical (unpaired) electrons. The van der Waals surface area contributed by atoms with Crippen molar-refractivity contribution in [1.82, 2.24) is 0 Å². The van der Waals surface area contributed by atoms with Crippen molar-refractivity contribution < 1.29 is 8.95 Å². The molecule has 0 bridgehead atoms. The van der Waals surface area contributed by atoms with E-state index in [0.717, 1.165) is 17.9 Å². The van der Waals surface area contributed by atoms with Crippen LogP contribution < -0.4 is 0 Å². The number of hydrogen-bond donors (Lipinski definition) is 0. The Hall–Kier alpha value is -0.310. The highest BCUT2D eigenvalue weighted by Crippen LogP contribution is 2.33. The van der Waals surface area contributed by atoms with Gasteiger partial charge in [0.25, 0.3) is 0 Å². The second-order valence-electron chi connectivity index (χ2n) is 3.06. The highest BCUT2D eigenvalue weighted by Gasteiger charge is 2.41. The zero-order valence-corrected chi connectivity index (χ0v) is 7.65. The van der Waals surface area contributed by atoms with Crippen LogP contribution in [0.5, 0.6) is 0 Å². The minimum atomic E-state index is -0.579. The molecule has 2 nitrogen and oxygen atoms in total. The van der Waals surface area contributed by atoms with Crippen molar-refractivity contribution in [3.8, 4) is 0 Å². The summed E-state index contributed by atoms with van der Waals surface area (Å²) in [5.74, 6) is 1.61. The molecule has 0 aromatic carbocycles. The summed E-state index contributed by atoms with van der Waals surface area (Å²) in [5, 5.41) is 0. The molecule has 0 amide bonds. The van der Waals surface area contributed by atoms with Gasteiger partial charge in [-0.25, -0.2) is 0 Å². The molecular weight excluding hydrogens is 160 g/mol. The summed E-state index contributed by atoms with van der Waals surface area (Å²) in [6, 6.07) is 0. The van der Waals surface area contributed by atoms with E-state index in [2.05, 4.69) is 13.5 Å². The fraction of sp³-hybridized carbons (Fsp3) is 0.750. The molecule has 1 heterocycles. The van der Waals surface area contributed by atoms with E-state index in [1.165, 1.54) is 6.26 Å². The lowest BCUT2D eigenvalue weighted by Gasteiger charge is -2.39. The van der Waals surface area contributed by atoms with Crippen LogP contribution in [-0.4, -0.2) is 22.3 Å². The molecule has 0 atom stereocenters. The summed E-state index contributed by atoms with van der Waals surface area (Å²) in [5.41, 5.74) is 0.194. The molecule has 11 heavy (non-hydrogen) atoms. The molecule has 1 rings (SSSR count). The van der Waals surface area contributed by atoms with Crippen LogP contribution in [0, 0.1) is 5.41 Å². The lowest BCUT2D eigenvalue weighted by atomic mass is 9.90. The topological polar surface area (TPSA) is 26.3 Å². The Balaban J connectivity index is 2.37. The Labute approximate surface area is 70.1 Å². The van der Waals surface area contributed by atoms with Crippen LogP contribution in [0.4, 0.5) is 0 Å². The van der Waals surface area contributed by atoms with E-state index < -0.39 is 10.8 Å². The van der Waals surface area contributed by atoms with E-state index in [-0.39, 0.29) is 5.41 Å². The van der Waals surface area contributed by atoms with Gasteiger partial charge in [-0.2, -0.15) is 0 Å². The minimum absolute atomic E-state index is 0.194. The minimum Gasteiger partial charge on any atom is -0.501 e. The fourth-order valence-corrected chi connectivity index (χ4v) is 3.12. The Kier molecular flexibility index (Phi) is 2.71. The first-order valence-electron chi connectivity index (χ1n) is 3.80. The molecule has 1 aliphatic rings. The normalized spacial score (nSPS) is 35.9. The highest BCUT2D eigenvalue weighted by molar-refractivity contribution is 7.86. The van der Waals surface area contributed by atoms with Gasteiger partial charge >= 0.3 is 0 Å². The molecule has 0 unspecified atom stereocenters. The molecule has 1 fully saturated rings. The molecule has 0 saturated carbocycles. The smallest absolute Gasteiger partial charge is 0.0946 e. The third-order valence-electron chi connectivity index (χ3n) is 2.19. The van der Waals surface area contributed by atoms with Gasteiger partial charge in [0.05, 0.1) is 12.9 Å². The SMILES string of the molecule is C=COCC1(CC)CS(=O)C1. The molecule has 1 saturated heterocycles. The van der Waals surface area contributed by atoms with E-state index in [1.807, 2.05) is 0 Å². The largest absolute Gasteiger partial charge is 0.501 e. The summed E-state index contributed by atoms with van der Waals surface area (Å²) in [4.78, 5) is 0. The first-order chi connectivity index (χ1) is 5.22. The van der Waals surface area contributed by atoms with E-state index in [1.54, 1.807) is 0 Å². The van der Waals surface area contributed by atoms with Gasteiger partial charge in [-0.1, -0.05) is 13.5 Å². The molecule has 0 N–H and O–H groups in total. The second-order valence-corrected chi connectivity index (χ2v) is 4.52. The number of rotatable bonds is 4. The standard InChI is InChI=1S/C8H14O2S/c1-3-8(5-10-4-2)6-11(9)7-8/h4H,2-3,5-7H2,1H3. The molecule has 0 spiro atoms. The number of hydrogen-bond acceptors (Lipinski definition) is 2. The Morgan fingerprint density at radius 1 is 1.73 bits per heavy atom. The third kappa shape index (κ3) is 1.83. The summed E-state index contributed by atoms with van der Waals surface area (Å²) in [6.45, 7) is 6.27. The van der Waals surface area contributed by atoms with Crippen LogP contribution in [0.2, 0.25) is 0 Å². The van der Waals surface area contributed by atoms with Crippen LogP contribution in [0.15, 0.2) is 12.8 Å². The Morgan fingerprint density at radius 3 is 2.73 bits per heavy atom. The van der Waals surface area contributed by atoms with Gasteiger partial charge in [-0.15, -0.1) is 0 Å². The Bertz CT molecular complexity index is 169. The van der Waals surface area contributed by atoms with Gasteiger partial charge in [0.15, 0.2) is 0 Å². The van der Waals surface area contributed by atoms with Crippen molar-refractivity contribution in [1.29, 1.82) is 0 Å². The molecule has 0 aromatic heterocycles. The third-order valence-corrected chi connectivity index (χ3v) is 4.06. The Morgan fingerprint density at radius 2 is 2.36 bits per heavy atom. The predicted molar refractivity (Wildman–Crippen MR) is 46.7 cm³/mol. The predicted octanol–water partition coefficient (Wildman–Crippen LogP) is 1.31. The average Bonchev–Trinajstić information content (AvgIpc) is 1.96. The van der Waals surface area contributed by atoms with Crippen molar-refractivity contribution in [3.63, 3.8) is 0 Å². The zero-order valence-electron chi connectivity index (χ0n) is 6.84. The van der Waals surface area contributed by atoms with Crippen molar-refractivity contribution in [2.45, 2.75) is 13.3 Å². The maximum Gasteiger partial charge on any atom is 0.0946 e. The van der Waals surface area contributed by atoms with Gasteiger partial charge in [0.2, 0.25) is 0 Å². The number of ether oxygens (including phenoxy) is 1. The van der Waals surface area contributed by atoms with Crippen molar-refractivity contribution in [2.75, 3.05) is 18.1 Å². The molecule has 64 valence electrons. The summed E-state index contributed by atoms with van der Waals surface area (Å²) < 4.78 is 16.0. The highest BCUT2D eigenvalue weighted by atomic mass is 32.2. The van der Waals surface area contributed by atoms with E-state index in [9.17, 15) is 4.21 Å². The van der Waals surface area contributed by atoms with E-state index >= 15 is 0 Å². The average molecular weight is 174 g/mol. The van der Waals surface area contributed by atoms with Crippen LogP contribution in [0.25, 0.3) is 0 Å². The quantitative estimate of drug-likeness (QED) is 0.601. The van der Waals surface area contributed by atoms with Gasteiger partial charge in [0, 0.05) is 27.7 Å². The van der Waals surface area contributed by atoms with Crippen LogP contribution in [0.3, 0.4) is 0 Å². The van der Waals surface area contributed by atoms with Gasteiger partial charge in [-0.3, -0.25) is 4.21 Å². The second kappa shape index (κ2) is 3.39. The molecule has 0 aliphatic carbocycles. The first kappa shape index (κ1) is 8.78. The lowest BCUT2D eigenvalue weighted by Crippen LogP contribution is -2.47.